The number of piperazine rings is 1. The first-order valence-corrected chi connectivity index (χ1v) is 10.9. The average molecular weight is 428 g/mol. The van der Waals surface area contributed by atoms with Crippen molar-refractivity contribution in [1.82, 2.24) is 15.1 Å². The fraction of sp³-hybridized carbons (Fsp3) is 0.417. The Kier molecular flexibility index (Phi) is 7.51. The zero-order chi connectivity index (χ0) is 21.7. The third-order valence-electron chi connectivity index (χ3n) is 5.57. The van der Waals surface area contributed by atoms with E-state index >= 15 is 0 Å². The first kappa shape index (κ1) is 22.3. The van der Waals surface area contributed by atoms with Crippen LogP contribution in [0.2, 0.25) is 5.02 Å². The molecule has 1 fully saturated rings. The second-order valence-electron chi connectivity index (χ2n) is 8.17. The molecule has 5 nitrogen and oxygen atoms in total. The minimum absolute atomic E-state index is 0.0589. The highest BCUT2D eigenvalue weighted by Gasteiger charge is 2.26. The predicted octanol–water partition coefficient (Wildman–Crippen LogP) is 3.93. The second kappa shape index (κ2) is 10.1. The van der Waals surface area contributed by atoms with Crippen molar-refractivity contribution in [2.75, 3.05) is 26.2 Å². The minimum atomic E-state index is -0.594. The number of hydrogen-bond donors (Lipinski definition) is 1. The molecule has 0 aliphatic carbocycles. The van der Waals surface area contributed by atoms with Crippen LogP contribution in [0, 0.1) is 0 Å². The molecule has 160 valence electrons. The summed E-state index contributed by atoms with van der Waals surface area (Å²) in [6.45, 7) is 9.97. The van der Waals surface area contributed by atoms with E-state index in [4.69, 9.17) is 11.6 Å². The van der Waals surface area contributed by atoms with E-state index in [2.05, 4.69) is 48.3 Å². The Morgan fingerprint density at radius 3 is 2.20 bits per heavy atom. The molecule has 0 unspecified atom stereocenters. The van der Waals surface area contributed by atoms with E-state index in [1.54, 1.807) is 31.2 Å². The van der Waals surface area contributed by atoms with E-state index in [-0.39, 0.29) is 11.8 Å². The Labute approximate surface area is 184 Å². The van der Waals surface area contributed by atoms with Gasteiger partial charge in [0.15, 0.2) is 0 Å². The average Bonchev–Trinajstić information content (AvgIpc) is 2.74. The standard InChI is InChI=1S/C24H30ClN3O2/c1-17(2)20-10-8-19(9-11-20)16-27-12-14-28(15-13-27)24(30)18(3)26-23(29)21-6-4-5-7-22(21)25/h4-11,17-18H,12-16H2,1-3H3,(H,26,29)/t18-/m0/s1. The summed E-state index contributed by atoms with van der Waals surface area (Å²) in [6.07, 6.45) is 0. The molecular weight excluding hydrogens is 398 g/mol. The normalized spacial score (nSPS) is 15.8. The Morgan fingerprint density at radius 1 is 0.967 bits per heavy atom. The third-order valence-corrected chi connectivity index (χ3v) is 5.90. The van der Waals surface area contributed by atoms with Crippen LogP contribution in [0.15, 0.2) is 48.5 Å². The van der Waals surface area contributed by atoms with Crippen molar-refractivity contribution in [3.8, 4) is 0 Å². The van der Waals surface area contributed by atoms with E-state index in [0.29, 0.717) is 29.6 Å². The van der Waals surface area contributed by atoms with Gasteiger partial charge in [0.05, 0.1) is 10.6 Å². The summed E-state index contributed by atoms with van der Waals surface area (Å²) in [5.74, 6) is 0.148. The summed E-state index contributed by atoms with van der Waals surface area (Å²) in [5.41, 5.74) is 3.02. The topological polar surface area (TPSA) is 52.6 Å². The van der Waals surface area contributed by atoms with Gasteiger partial charge < -0.3 is 10.2 Å². The second-order valence-corrected chi connectivity index (χ2v) is 8.58. The van der Waals surface area contributed by atoms with Crippen LogP contribution in [0.1, 0.15) is 48.2 Å². The van der Waals surface area contributed by atoms with Crippen molar-refractivity contribution in [2.24, 2.45) is 0 Å². The van der Waals surface area contributed by atoms with Gasteiger partial charge in [-0.15, -0.1) is 0 Å². The van der Waals surface area contributed by atoms with Crippen molar-refractivity contribution in [3.63, 3.8) is 0 Å². The number of amides is 2. The van der Waals surface area contributed by atoms with Crippen LogP contribution in [0.5, 0.6) is 0 Å². The minimum Gasteiger partial charge on any atom is -0.340 e. The highest BCUT2D eigenvalue weighted by molar-refractivity contribution is 6.33. The molecule has 0 bridgehead atoms. The van der Waals surface area contributed by atoms with Crippen molar-refractivity contribution >= 4 is 23.4 Å². The maximum Gasteiger partial charge on any atom is 0.253 e. The lowest BCUT2D eigenvalue weighted by Gasteiger charge is -2.36. The van der Waals surface area contributed by atoms with Gasteiger partial charge in [0.25, 0.3) is 5.91 Å². The number of benzene rings is 2. The monoisotopic (exact) mass is 427 g/mol. The highest BCUT2D eigenvalue weighted by Crippen LogP contribution is 2.17. The van der Waals surface area contributed by atoms with Crippen LogP contribution in [-0.4, -0.2) is 53.8 Å². The van der Waals surface area contributed by atoms with Crippen molar-refractivity contribution in [2.45, 2.75) is 39.3 Å². The number of hydrogen-bond acceptors (Lipinski definition) is 3. The van der Waals surface area contributed by atoms with Gasteiger partial charge in [-0.2, -0.15) is 0 Å². The quantitative estimate of drug-likeness (QED) is 0.760. The number of rotatable bonds is 6. The molecule has 1 aliphatic rings. The maximum absolute atomic E-state index is 12.8. The number of nitrogens with one attached hydrogen (secondary N) is 1. The van der Waals surface area contributed by atoms with Gasteiger partial charge in [-0.3, -0.25) is 14.5 Å². The molecule has 30 heavy (non-hydrogen) atoms. The summed E-state index contributed by atoms with van der Waals surface area (Å²) in [4.78, 5) is 29.4. The highest BCUT2D eigenvalue weighted by atomic mass is 35.5. The van der Waals surface area contributed by atoms with Crippen LogP contribution < -0.4 is 5.32 Å². The molecule has 3 rings (SSSR count). The third kappa shape index (κ3) is 5.61. The van der Waals surface area contributed by atoms with Gasteiger partial charge in [0.1, 0.15) is 6.04 Å². The molecule has 1 aliphatic heterocycles. The molecule has 1 N–H and O–H groups in total. The largest absolute Gasteiger partial charge is 0.340 e. The van der Waals surface area contributed by atoms with Gasteiger partial charge in [-0.1, -0.05) is 61.8 Å². The van der Waals surface area contributed by atoms with Crippen LogP contribution >= 0.6 is 11.6 Å². The summed E-state index contributed by atoms with van der Waals surface area (Å²) in [6, 6.07) is 15.0. The Morgan fingerprint density at radius 2 is 1.60 bits per heavy atom. The van der Waals surface area contributed by atoms with Gasteiger partial charge >= 0.3 is 0 Å². The first-order chi connectivity index (χ1) is 14.3. The van der Waals surface area contributed by atoms with Crippen molar-refractivity contribution in [3.05, 3.63) is 70.2 Å². The lowest BCUT2D eigenvalue weighted by atomic mass is 10.0. The number of nitrogens with zero attached hydrogens (tertiary/aromatic N) is 2. The summed E-state index contributed by atoms with van der Waals surface area (Å²) in [7, 11) is 0. The van der Waals surface area contributed by atoms with Crippen LogP contribution in [0.25, 0.3) is 0 Å². The van der Waals surface area contributed by atoms with E-state index in [0.717, 1.165) is 19.6 Å². The van der Waals surface area contributed by atoms with Crippen molar-refractivity contribution < 1.29 is 9.59 Å². The van der Waals surface area contributed by atoms with Gasteiger partial charge in [0.2, 0.25) is 5.91 Å². The molecule has 2 aromatic rings. The van der Waals surface area contributed by atoms with E-state index in [1.807, 2.05) is 4.90 Å². The number of carbonyl (C=O) groups excluding carboxylic acids is 2. The van der Waals surface area contributed by atoms with Gasteiger partial charge in [0, 0.05) is 32.7 Å². The molecule has 0 saturated carbocycles. The van der Waals surface area contributed by atoms with Crippen molar-refractivity contribution in [1.29, 1.82) is 0 Å². The molecule has 0 radical (unpaired) electrons. The van der Waals surface area contributed by atoms with Crippen LogP contribution in [-0.2, 0) is 11.3 Å². The zero-order valence-electron chi connectivity index (χ0n) is 17.9. The smallest absolute Gasteiger partial charge is 0.253 e. The van der Waals surface area contributed by atoms with Crippen LogP contribution in [0.4, 0.5) is 0 Å². The lowest BCUT2D eigenvalue weighted by molar-refractivity contribution is -0.134. The van der Waals surface area contributed by atoms with E-state index in [1.165, 1.54) is 11.1 Å². The summed E-state index contributed by atoms with van der Waals surface area (Å²) < 4.78 is 0. The fourth-order valence-corrected chi connectivity index (χ4v) is 3.87. The van der Waals surface area contributed by atoms with Gasteiger partial charge in [-0.25, -0.2) is 0 Å². The Balaban J connectivity index is 1.48. The molecule has 0 aromatic heterocycles. The zero-order valence-corrected chi connectivity index (χ0v) is 18.7. The molecule has 1 atom stereocenters. The molecule has 0 spiro atoms. The molecule has 1 saturated heterocycles. The molecule has 2 amide bonds. The Hall–Kier alpha value is -2.37. The number of carbonyl (C=O) groups is 2. The van der Waals surface area contributed by atoms with Gasteiger partial charge in [-0.05, 0) is 36.1 Å². The SMILES string of the molecule is CC(C)c1ccc(CN2CCN(C(=O)[C@H](C)NC(=O)c3ccccc3Cl)CC2)cc1. The molecular formula is C24H30ClN3O2. The first-order valence-electron chi connectivity index (χ1n) is 10.5. The maximum atomic E-state index is 12.8. The molecule has 2 aromatic carbocycles. The lowest BCUT2D eigenvalue weighted by Crippen LogP contribution is -2.53. The molecule has 6 heteroatoms. The fourth-order valence-electron chi connectivity index (χ4n) is 3.65. The predicted molar refractivity (Wildman–Crippen MR) is 121 cm³/mol. The number of halogens is 1. The summed E-state index contributed by atoms with van der Waals surface area (Å²) >= 11 is 6.08. The Bertz CT molecular complexity index is 874. The van der Waals surface area contributed by atoms with Crippen LogP contribution in [0.3, 0.4) is 0 Å². The van der Waals surface area contributed by atoms with E-state index < -0.39 is 6.04 Å². The molecule has 1 heterocycles. The summed E-state index contributed by atoms with van der Waals surface area (Å²) in [5, 5.41) is 3.15. The van der Waals surface area contributed by atoms with E-state index in [9.17, 15) is 9.59 Å².